The summed E-state index contributed by atoms with van der Waals surface area (Å²) in [6, 6.07) is 8.70. The second-order valence-electron chi connectivity index (χ2n) is 4.38. The molecule has 0 saturated carbocycles. The first-order valence-electron chi connectivity index (χ1n) is 6.14. The molecule has 3 N–H and O–H groups in total. The van der Waals surface area contributed by atoms with E-state index in [1.807, 2.05) is 0 Å². The number of carbonyl (C=O) groups is 1. The predicted molar refractivity (Wildman–Crippen MR) is 79.1 cm³/mol. The van der Waals surface area contributed by atoms with Gasteiger partial charge < -0.3 is 20.4 Å². The number of nitrogens with two attached hydrogens (primary N) is 1. The molecule has 0 spiro atoms. The highest BCUT2D eigenvalue weighted by atomic mass is 35.5. The van der Waals surface area contributed by atoms with E-state index < -0.39 is 0 Å². The lowest BCUT2D eigenvalue weighted by atomic mass is 10.3. The lowest BCUT2D eigenvalue weighted by Gasteiger charge is -2.16. The number of hydrogen-bond acceptors (Lipinski definition) is 3. The summed E-state index contributed by atoms with van der Waals surface area (Å²) in [5.41, 5.74) is 6.58. The molecule has 0 fully saturated rings. The summed E-state index contributed by atoms with van der Waals surface area (Å²) in [6.45, 7) is 0.875. The van der Waals surface area contributed by atoms with Crippen LogP contribution in [0.5, 0.6) is 5.75 Å². The number of nitrogen functional groups attached to an aromatic ring is 1. The van der Waals surface area contributed by atoms with Crippen LogP contribution in [0.15, 0.2) is 36.5 Å². The van der Waals surface area contributed by atoms with Crippen molar-refractivity contribution in [2.24, 2.45) is 0 Å². The van der Waals surface area contributed by atoms with Crippen LogP contribution >= 0.6 is 11.6 Å². The number of aromatic nitrogens is 1. The van der Waals surface area contributed by atoms with Gasteiger partial charge in [-0.25, -0.2) is 0 Å². The molecule has 106 valence electrons. The van der Waals surface area contributed by atoms with Gasteiger partial charge in [0.25, 0.3) is 5.91 Å². The Labute approximate surface area is 122 Å². The van der Waals surface area contributed by atoms with Crippen LogP contribution < -0.4 is 10.5 Å². The van der Waals surface area contributed by atoms with E-state index in [-0.39, 0.29) is 5.91 Å². The molecule has 0 atom stereocenters. The summed E-state index contributed by atoms with van der Waals surface area (Å²) in [4.78, 5) is 16.4. The fraction of sp³-hybridized carbons (Fsp3) is 0.214. The molecule has 0 aliphatic rings. The van der Waals surface area contributed by atoms with E-state index in [9.17, 15) is 4.79 Å². The van der Waals surface area contributed by atoms with Crippen molar-refractivity contribution in [1.29, 1.82) is 0 Å². The Morgan fingerprint density at radius 2 is 2.10 bits per heavy atom. The van der Waals surface area contributed by atoms with Gasteiger partial charge in [-0.3, -0.25) is 4.79 Å². The van der Waals surface area contributed by atoms with Crippen molar-refractivity contribution in [2.45, 2.75) is 0 Å². The molecule has 0 saturated heterocycles. The van der Waals surface area contributed by atoms with Crippen LogP contribution in [0, 0.1) is 0 Å². The SMILES string of the molecule is CN(CCOc1ccc(Cl)cc1)C(=O)c1cc(N)c[nH]1. The van der Waals surface area contributed by atoms with E-state index in [0.29, 0.717) is 29.6 Å². The molecule has 0 radical (unpaired) electrons. The summed E-state index contributed by atoms with van der Waals surface area (Å²) in [6.07, 6.45) is 1.59. The molecule has 1 aromatic carbocycles. The number of benzene rings is 1. The van der Waals surface area contributed by atoms with Gasteiger partial charge in [-0.1, -0.05) is 11.6 Å². The number of nitrogens with zero attached hydrogens (tertiary/aromatic N) is 1. The number of H-pyrrole nitrogens is 1. The Kier molecular flexibility index (Phi) is 4.53. The van der Waals surface area contributed by atoms with E-state index in [4.69, 9.17) is 22.1 Å². The topological polar surface area (TPSA) is 71.3 Å². The molecule has 20 heavy (non-hydrogen) atoms. The van der Waals surface area contributed by atoms with Gasteiger partial charge in [0.2, 0.25) is 0 Å². The van der Waals surface area contributed by atoms with Crippen molar-refractivity contribution in [1.82, 2.24) is 9.88 Å². The third-order valence-corrected chi connectivity index (χ3v) is 3.04. The van der Waals surface area contributed by atoms with Gasteiger partial charge in [-0.2, -0.15) is 0 Å². The molecular weight excluding hydrogens is 278 g/mol. The average Bonchev–Trinajstić information content (AvgIpc) is 2.86. The number of likely N-dealkylation sites (N-methyl/N-ethyl adjacent to an activating group) is 1. The van der Waals surface area contributed by atoms with Gasteiger partial charge in [-0.05, 0) is 30.3 Å². The Morgan fingerprint density at radius 3 is 2.70 bits per heavy atom. The number of amides is 1. The molecule has 1 heterocycles. The van der Waals surface area contributed by atoms with Gasteiger partial charge in [0.1, 0.15) is 18.1 Å². The maximum atomic E-state index is 12.0. The van der Waals surface area contributed by atoms with Crippen molar-refractivity contribution in [3.8, 4) is 5.75 Å². The fourth-order valence-corrected chi connectivity index (χ4v) is 1.80. The van der Waals surface area contributed by atoms with Crippen LogP contribution in [0.1, 0.15) is 10.5 Å². The van der Waals surface area contributed by atoms with Crippen molar-refractivity contribution >= 4 is 23.2 Å². The van der Waals surface area contributed by atoms with Gasteiger partial charge in [0, 0.05) is 24.0 Å². The molecule has 0 aliphatic carbocycles. The summed E-state index contributed by atoms with van der Waals surface area (Å²) >= 11 is 5.79. The monoisotopic (exact) mass is 293 g/mol. The number of rotatable bonds is 5. The first-order valence-corrected chi connectivity index (χ1v) is 6.52. The van der Waals surface area contributed by atoms with Crippen LogP contribution in [0.3, 0.4) is 0 Å². The lowest BCUT2D eigenvalue weighted by molar-refractivity contribution is 0.0768. The Bertz CT molecular complexity index is 580. The van der Waals surface area contributed by atoms with Crippen LogP contribution in [-0.4, -0.2) is 36.0 Å². The van der Waals surface area contributed by atoms with E-state index in [2.05, 4.69) is 4.98 Å². The van der Waals surface area contributed by atoms with Crippen molar-refractivity contribution in [2.75, 3.05) is 25.9 Å². The number of carbonyl (C=O) groups excluding carboxylic acids is 1. The number of hydrogen-bond donors (Lipinski definition) is 2. The first-order chi connectivity index (χ1) is 9.56. The highest BCUT2D eigenvalue weighted by molar-refractivity contribution is 6.30. The third-order valence-electron chi connectivity index (χ3n) is 2.79. The van der Waals surface area contributed by atoms with Gasteiger partial charge in [0.15, 0.2) is 0 Å². The minimum atomic E-state index is -0.124. The molecule has 2 rings (SSSR count). The maximum absolute atomic E-state index is 12.0. The highest BCUT2D eigenvalue weighted by Crippen LogP contribution is 2.15. The number of aromatic amines is 1. The first kappa shape index (κ1) is 14.3. The summed E-state index contributed by atoms with van der Waals surface area (Å²) in [5, 5.41) is 0.661. The number of nitrogens with one attached hydrogen (secondary N) is 1. The van der Waals surface area contributed by atoms with Crippen LogP contribution in [0.25, 0.3) is 0 Å². The second-order valence-corrected chi connectivity index (χ2v) is 4.81. The highest BCUT2D eigenvalue weighted by Gasteiger charge is 2.13. The quantitative estimate of drug-likeness (QED) is 0.889. The average molecular weight is 294 g/mol. The third kappa shape index (κ3) is 3.68. The molecule has 0 aliphatic heterocycles. The van der Waals surface area contributed by atoms with Crippen molar-refractivity contribution in [3.05, 3.63) is 47.2 Å². The van der Waals surface area contributed by atoms with Crippen LogP contribution in [0.2, 0.25) is 5.02 Å². The minimum absolute atomic E-state index is 0.124. The fourth-order valence-electron chi connectivity index (χ4n) is 1.67. The summed E-state index contributed by atoms with van der Waals surface area (Å²) < 4.78 is 5.54. The Balaban J connectivity index is 1.81. The molecule has 2 aromatic rings. The Morgan fingerprint density at radius 1 is 1.40 bits per heavy atom. The van der Waals surface area contributed by atoms with E-state index in [1.165, 1.54) is 0 Å². The van der Waals surface area contributed by atoms with Crippen molar-refractivity contribution < 1.29 is 9.53 Å². The summed E-state index contributed by atoms with van der Waals surface area (Å²) in [7, 11) is 1.71. The smallest absolute Gasteiger partial charge is 0.270 e. The normalized spacial score (nSPS) is 10.3. The molecule has 0 unspecified atom stereocenters. The molecular formula is C14H16ClN3O2. The summed E-state index contributed by atoms with van der Waals surface area (Å²) in [5.74, 6) is 0.598. The van der Waals surface area contributed by atoms with Gasteiger partial charge in [-0.15, -0.1) is 0 Å². The molecule has 1 amide bonds. The number of halogens is 1. The zero-order valence-corrected chi connectivity index (χ0v) is 11.9. The van der Waals surface area contributed by atoms with E-state index in [1.54, 1.807) is 48.5 Å². The molecule has 5 nitrogen and oxygen atoms in total. The second kappa shape index (κ2) is 6.34. The van der Waals surface area contributed by atoms with Gasteiger partial charge in [0.05, 0.1) is 6.54 Å². The van der Waals surface area contributed by atoms with Crippen molar-refractivity contribution in [3.63, 3.8) is 0 Å². The van der Waals surface area contributed by atoms with Gasteiger partial charge >= 0.3 is 0 Å². The maximum Gasteiger partial charge on any atom is 0.270 e. The predicted octanol–water partition coefficient (Wildman–Crippen LogP) is 2.40. The zero-order chi connectivity index (χ0) is 14.5. The van der Waals surface area contributed by atoms with Crippen LogP contribution in [-0.2, 0) is 0 Å². The minimum Gasteiger partial charge on any atom is -0.492 e. The lowest BCUT2D eigenvalue weighted by Crippen LogP contribution is -2.31. The van der Waals surface area contributed by atoms with E-state index >= 15 is 0 Å². The molecule has 0 bridgehead atoms. The number of ether oxygens (including phenoxy) is 1. The molecule has 6 heteroatoms. The van der Waals surface area contributed by atoms with E-state index in [0.717, 1.165) is 5.75 Å². The zero-order valence-electron chi connectivity index (χ0n) is 11.1. The van der Waals surface area contributed by atoms with Crippen LogP contribution in [0.4, 0.5) is 5.69 Å². The molecule has 1 aromatic heterocycles. The Hall–Kier alpha value is -2.14. The number of anilines is 1. The standard InChI is InChI=1S/C14H16ClN3O2/c1-18(14(19)13-8-11(16)9-17-13)6-7-20-12-4-2-10(15)3-5-12/h2-5,8-9,17H,6-7,16H2,1H3. The largest absolute Gasteiger partial charge is 0.492 e.